The van der Waals surface area contributed by atoms with E-state index in [0.29, 0.717) is 18.0 Å². The minimum atomic E-state index is -4.60. The van der Waals surface area contributed by atoms with Gasteiger partial charge in [-0.15, -0.1) is 11.3 Å². The molecule has 2 aliphatic rings. The minimum Gasteiger partial charge on any atom is -0.490 e. The van der Waals surface area contributed by atoms with Crippen molar-refractivity contribution in [3.63, 3.8) is 0 Å². The van der Waals surface area contributed by atoms with E-state index in [-0.39, 0.29) is 30.1 Å². The molecule has 1 aromatic carbocycles. The molecule has 4 rings (SSSR count). The number of nitrogens with zero attached hydrogens (tertiary/aromatic N) is 3. The average Bonchev–Trinajstić information content (AvgIpc) is 3.42. The maximum absolute atomic E-state index is 13.4. The first-order valence-corrected chi connectivity index (χ1v) is 12.2. The van der Waals surface area contributed by atoms with E-state index < -0.39 is 17.6 Å². The number of alkyl halides is 3. The van der Waals surface area contributed by atoms with Gasteiger partial charge in [0.15, 0.2) is 4.80 Å². The molecule has 35 heavy (non-hydrogen) atoms. The standard InChI is InChI=1S/C25H28F3N3O3S/c1-16-17(2)35-24(31(16)14-20-8-6-12-33-20)29-23(32)21-13-18(25(26,27)28)9-10-22(21)34-15-19-7-4-5-11-30(19)3/h4-5,7,9-11,13,19-20H,6,8,12,14-15H2,1-3H3/t19-,20+/m0/s1. The van der Waals surface area contributed by atoms with Crippen molar-refractivity contribution in [3.8, 4) is 5.75 Å². The van der Waals surface area contributed by atoms with Crippen molar-refractivity contribution in [1.82, 2.24) is 9.47 Å². The van der Waals surface area contributed by atoms with Gasteiger partial charge in [0, 0.05) is 24.2 Å². The van der Waals surface area contributed by atoms with Crippen LogP contribution >= 0.6 is 11.3 Å². The summed E-state index contributed by atoms with van der Waals surface area (Å²) in [6, 6.07) is 2.82. The second-order valence-electron chi connectivity index (χ2n) is 8.67. The summed E-state index contributed by atoms with van der Waals surface area (Å²) in [5, 5.41) is 0. The number of likely N-dealkylation sites (N-methyl/N-ethyl adjacent to an activating group) is 1. The minimum absolute atomic E-state index is 0.0267. The predicted molar refractivity (Wildman–Crippen MR) is 127 cm³/mol. The first kappa shape index (κ1) is 25.2. The van der Waals surface area contributed by atoms with Crippen molar-refractivity contribution in [1.29, 1.82) is 0 Å². The Hall–Kier alpha value is -2.85. The van der Waals surface area contributed by atoms with E-state index in [0.717, 1.165) is 35.5 Å². The Morgan fingerprint density at radius 1 is 1.29 bits per heavy atom. The number of aryl methyl sites for hydroxylation is 1. The summed E-state index contributed by atoms with van der Waals surface area (Å²) in [4.78, 5) is 20.8. The summed E-state index contributed by atoms with van der Waals surface area (Å²) < 4.78 is 53.8. The highest BCUT2D eigenvalue weighted by Crippen LogP contribution is 2.33. The van der Waals surface area contributed by atoms with Crippen molar-refractivity contribution in [2.75, 3.05) is 20.3 Å². The molecule has 3 heterocycles. The summed E-state index contributed by atoms with van der Waals surface area (Å²) in [5.41, 5.74) is -0.185. The number of thiazole rings is 1. The van der Waals surface area contributed by atoms with E-state index in [1.807, 2.05) is 54.8 Å². The number of hydrogen-bond acceptors (Lipinski definition) is 5. The van der Waals surface area contributed by atoms with Crippen LogP contribution in [0.5, 0.6) is 5.75 Å². The molecule has 0 bridgehead atoms. The molecule has 2 aromatic rings. The lowest BCUT2D eigenvalue weighted by molar-refractivity contribution is -0.137. The molecular formula is C25H28F3N3O3S. The maximum atomic E-state index is 13.4. The van der Waals surface area contributed by atoms with E-state index in [9.17, 15) is 18.0 Å². The molecule has 0 saturated carbocycles. The monoisotopic (exact) mass is 507 g/mol. The summed E-state index contributed by atoms with van der Waals surface area (Å²) in [6.07, 6.45) is 4.86. The predicted octanol–water partition coefficient (Wildman–Crippen LogP) is 4.87. The van der Waals surface area contributed by atoms with Crippen LogP contribution in [0.2, 0.25) is 0 Å². The van der Waals surface area contributed by atoms with E-state index >= 15 is 0 Å². The van der Waals surface area contributed by atoms with Crippen molar-refractivity contribution in [2.45, 2.75) is 51.6 Å². The molecular weight excluding hydrogens is 479 g/mol. The normalized spacial score (nSPS) is 20.6. The number of carbonyl (C=O) groups excluding carboxylic acids is 1. The third-order valence-corrected chi connectivity index (χ3v) is 7.33. The molecule has 0 unspecified atom stereocenters. The smallest absolute Gasteiger partial charge is 0.416 e. The molecule has 1 fully saturated rings. The van der Waals surface area contributed by atoms with Crippen molar-refractivity contribution >= 4 is 17.2 Å². The van der Waals surface area contributed by atoms with E-state index in [1.54, 1.807) is 0 Å². The van der Waals surface area contributed by atoms with Gasteiger partial charge in [-0.25, -0.2) is 0 Å². The van der Waals surface area contributed by atoms with Gasteiger partial charge in [-0.2, -0.15) is 18.2 Å². The van der Waals surface area contributed by atoms with E-state index in [2.05, 4.69) is 4.99 Å². The number of halogens is 3. The zero-order valence-corrected chi connectivity index (χ0v) is 20.7. The van der Waals surface area contributed by atoms with Gasteiger partial charge in [0.05, 0.1) is 29.8 Å². The SMILES string of the molecule is Cc1sc(=NC(=O)c2cc(C(F)(F)F)ccc2OC[C@@H]2C=CC=CN2C)n(C[C@H]2CCCO2)c1C. The van der Waals surface area contributed by atoms with Crippen LogP contribution in [-0.4, -0.2) is 47.8 Å². The lowest BCUT2D eigenvalue weighted by Gasteiger charge is -2.26. The molecule has 0 aliphatic carbocycles. The number of amides is 1. The van der Waals surface area contributed by atoms with Gasteiger partial charge in [-0.3, -0.25) is 4.79 Å². The third-order valence-electron chi connectivity index (χ3n) is 6.23. The number of ether oxygens (including phenoxy) is 2. The maximum Gasteiger partial charge on any atom is 0.416 e. The van der Waals surface area contributed by atoms with Gasteiger partial charge < -0.3 is 18.9 Å². The number of aromatic nitrogens is 1. The lowest BCUT2D eigenvalue weighted by atomic mass is 10.1. The third kappa shape index (κ3) is 5.87. The number of rotatable bonds is 6. The molecule has 0 N–H and O–H groups in total. The first-order valence-electron chi connectivity index (χ1n) is 11.4. The molecule has 1 amide bonds. The topological polar surface area (TPSA) is 56.1 Å². The van der Waals surface area contributed by atoms with E-state index in [1.165, 1.54) is 17.4 Å². The average molecular weight is 508 g/mol. The largest absolute Gasteiger partial charge is 0.490 e. The van der Waals surface area contributed by atoms with E-state index in [4.69, 9.17) is 9.47 Å². The van der Waals surface area contributed by atoms with Gasteiger partial charge in [-0.05, 0) is 57.2 Å². The van der Waals surface area contributed by atoms with Crippen molar-refractivity contribution in [3.05, 3.63) is 69.1 Å². The molecule has 6 nitrogen and oxygen atoms in total. The Balaban J connectivity index is 1.67. The fourth-order valence-corrected chi connectivity index (χ4v) is 4.99. The molecule has 2 atom stereocenters. The molecule has 188 valence electrons. The summed E-state index contributed by atoms with van der Waals surface area (Å²) in [5.74, 6) is -0.709. The molecule has 10 heteroatoms. The number of benzene rings is 1. The van der Waals surface area contributed by atoms with Crippen molar-refractivity contribution in [2.24, 2.45) is 4.99 Å². The number of allylic oxidation sites excluding steroid dienone is 2. The van der Waals surface area contributed by atoms with Gasteiger partial charge in [0.1, 0.15) is 12.4 Å². The van der Waals surface area contributed by atoms with Crippen LogP contribution in [0, 0.1) is 13.8 Å². The first-order chi connectivity index (χ1) is 16.6. The Morgan fingerprint density at radius 3 is 2.77 bits per heavy atom. The fraction of sp³-hybridized carbons (Fsp3) is 0.440. The highest BCUT2D eigenvalue weighted by Gasteiger charge is 2.32. The van der Waals surface area contributed by atoms with Gasteiger partial charge in [0.2, 0.25) is 0 Å². The highest BCUT2D eigenvalue weighted by molar-refractivity contribution is 7.09. The number of carbonyl (C=O) groups is 1. The van der Waals surface area contributed by atoms with Crippen molar-refractivity contribution < 1.29 is 27.4 Å². The second kappa shape index (κ2) is 10.4. The second-order valence-corrected chi connectivity index (χ2v) is 9.85. The molecule has 1 aromatic heterocycles. The summed E-state index contributed by atoms with van der Waals surface area (Å²) in [6.45, 7) is 5.27. The number of hydrogen-bond donors (Lipinski definition) is 0. The van der Waals surface area contributed by atoms with Crippen LogP contribution < -0.4 is 9.54 Å². The quantitative estimate of drug-likeness (QED) is 0.560. The Labute approximate surface area is 206 Å². The van der Waals surface area contributed by atoms with Crippen LogP contribution in [0.1, 0.15) is 39.3 Å². The van der Waals surface area contributed by atoms with Crippen LogP contribution in [0.4, 0.5) is 13.2 Å². The Bertz CT molecular complexity index is 1210. The van der Waals surface area contributed by atoms with Gasteiger partial charge in [-0.1, -0.05) is 12.2 Å². The molecule has 0 radical (unpaired) electrons. The fourth-order valence-electron chi connectivity index (χ4n) is 4.01. The van der Waals surface area contributed by atoms with Gasteiger partial charge >= 0.3 is 6.18 Å². The molecule has 2 aliphatic heterocycles. The van der Waals surface area contributed by atoms with Crippen LogP contribution in [-0.2, 0) is 17.5 Å². The zero-order valence-electron chi connectivity index (χ0n) is 19.8. The Morgan fingerprint density at radius 2 is 2.09 bits per heavy atom. The molecule has 1 saturated heterocycles. The summed E-state index contributed by atoms with van der Waals surface area (Å²) >= 11 is 1.33. The summed E-state index contributed by atoms with van der Waals surface area (Å²) in [7, 11) is 1.87. The lowest BCUT2D eigenvalue weighted by Crippen LogP contribution is -2.32. The Kier molecular flexibility index (Phi) is 7.51. The zero-order chi connectivity index (χ0) is 25.2. The highest BCUT2D eigenvalue weighted by atomic mass is 32.1. The van der Waals surface area contributed by atoms with Crippen LogP contribution in [0.3, 0.4) is 0 Å². The van der Waals surface area contributed by atoms with Gasteiger partial charge in [0.25, 0.3) is 5.91 Å². The van der Waals surface area contributed by atoms with Crippen LogP contribution in [0.25, 0.3) is 0 Å². The van der Waals surface area contributed by atoms with Crippen LogP contribution in [0.15, 0.2) is 47.6 Å². The molecule has 0 spiro atoms.